The second-order valence-corrected chi connectivity index (χ2v) is 3.96. The Morgan fingerprint density at radius 2 is 1.59 bits per heavy atom. The summed E-state index contributed by atoms with van der Waals surface area (Å²) in [6.07, 6.45) is 6.09. The van der Waals surface area contributed by atoms with Gasteiger partial charge in [-0.1, -0.05) is 18.2 Å². The molecule has 0 saturated heterocycles. The van der Waals surface area contributed by atoms with Gasteiger partial charge in [-0.15, -0.1) is 10.2 Å². The fourth-order valence-electron chi connectivity index (χ4n) is 1.20. The van der Waals surface area contributed by atoms with Crippen molar-refractivity contribution in [3.8, 4) is 5.69 Å². The molecule has 0 saturated carbocycles. The van der Waals surface area contributed by atoms with E-state index in [0.29, 0.717) is 0 Å². The monoisotopic (exact) mass is 258 g/mol. The summed E-state index contributed by atoms with van der Waals surface area (Å²) in [7, 11) is -2.93. The van der Waals surface area contributed by atoms with Crippen molar-refractivity contribution in [2.75, 3.05) is 0 Å². The van der Waals surface area contributed by atoms with Crippen LogP contribution in [-0.4, -0.2) is 4.57 Å². The summed E-state index contributed by atoms with van der Waals surface area (Å²) in [5.74, 6) is 0. The number of imidazole rings is 1. The van der Waals surface area contributed by atoms with Crippen LogP contribution in [0.5, 0.6) is 0 Å². The molecule has 1 aromatic heterocycles. The fraction of sp³-hybridized carbons (Fsp3) is 0.100. The third kappa shape index (κ3) is 6.00. The van der Waals surface area contributed by atoms with Crippen molar-refractivity contribution in [2.45, 2.75) is 0 Å². The number of aromatic nitrogens is 2. The van der Waals surface area contributed by atoms with Crippen LogP contribution in [0, 0.1) is 10.2 Å². The van der Waals surface area contributed by atoms with Crippen molar-refractivity contribution in [3.63, 3.8) is 0 Å². The van der Waals surface area contributed by atoms with Gasteiger partial charge < -0.3 is 0 Å². The Balaban J connectivity index is 0.000000249. The van der Waals surface area contributed by atoms with Gasteiger partial charge in [0.05, 0.1) is 7.05 Å². The van der Waals surface area contributed by atoms with Crippen molar-refractivity contribution in [1.29, 1.82) is 0 Å². The normalized spacial score (nSPS) is 10.6. The Kier molecular flexibility index (Phi) is 4.62. The first kappa shape index (κ1) is 13.6. The van der Waals surface area contributed by atoms with Gasteiger partial charge >= 0.3 is 0 Å². The number of hydrogen-bond acceptors (Lipinski definition) is 4. The van der Waals surface area contributed by atoms with Gasteiger partial charge in [-0.05, 0) is 12.1 Å². The summed E-state index contributed by atoms with van der Waals surface area (Å²) in [6, 6.07) is 10.3. The number of nitrogens with zero attached hydrogens (tertiary/aromatic N) is 2. The highest BCUT2D eigenvalue weighted by Gasteiger charge is 2.00. The van der Waals surface area contributed by atoms with Crippen LogP contribution in [0.1, 0.15) is 0 Å². The molecule has 0 unspecified atom stereocenters. The lowest BCUT2D eigenvalue weighted by Crippen LogP contribution is -2.68. The number of benzene rings is 1. The van der Waals surface area contributed by atoms with E-state index in [4.69, 9.17) is 18.6 Å². The van der Waals surface area contributed by atoms with Gasteiger partial charge in [-0.25, -0.2) is 27.8 Å². The Hall–Kier alpha value is -1.44. The van der Waals surface area contributed by atoms with Crippen LogP contribution in [0.2, 0.25) is 0 Å². The number of rotatable bonds is 1. The molecule has 6 nitrogen and oxygen atoms in total. The maximum Gasteiger partial charge on any atom is 0.248 e. The van der Waals surface area contributed by atoms with Crippen molar-refractivity contribution in [1.82, 2.24) is 4.57 Å². The van der Waals surface area contributed by atoms with E-state index in [1.807, 2.05) is 48.5 Å². The second-order valence-electron chi connectivity index (χ2n) is 3.20. The van der Waals surface area contributed by atoms with Crippen LogP contribution in [0.4, 0.5) is 0 Å². The van der Waals surface area contributed by atoms with Gasteiger partial charge in [0.15, 0.2) is 0 Å². The topological polar surface area (TPSA) is 101 Å². The summed E-state index contributed by atoms with van der Waals surface area (Å²) in [4.78, 5) is 0. The number of para-hydroxylation sites is 1. The fourth-order valence-corrected chi connectivity index (χ4v) is 1.20. The highest BCUT2D eigenvalue weighted by molar-refractivity contribution is 5.30. The van der Waals surface area contributed by atoms with Gasteiger partial charge in [0.25, 0.3) is 0 Å². The lowest BCUT2D eigenvalue weighted by molar-refractivity contribution is -2.00. The molecule has 0 aliphatic carbocycles. The van der Waals surface area contributed by atoms with Gasteiger partial charge in [0.1, 0.15) is 18.1 Å². The zero-order valence-corrected chi connectivity index (χ0v) is 9.78. The summed E-state index contributed by atoms with van der Waals surface area (Å²) in [6.45, 7) is 0. The van der Waals surface area contributed by atoms with E-state index in [1.165, 1.54) is 5.69 Å². The highest BCUT2D eigenvalue weighted by atomic mass is 35.7. The average molecular weight is 259 g/mol. The van der Waals surface area contributed by atoms with Gasteiger partial charge in [0, 0.05) is 0 Å². The van der Waals surface area contributed by atoms with E-state index in [0.717, 1.165) is 0 Å². The van der Waals surface area contributed by atoms with Gasteiger partial charge in [-0.2, -0.15) is 0 Å². The molecule has 1 heterocycles. The maximum absolute atomic E-state index is 8.49. The van der Waals surface area contributed by atoms with Gasteiger partial charge in [0.2, 0.25) is 6.33 Å². The summed E-state index contributed by atoms with van der Waals surface area (Å²) < 4.78 is 38.1. The number of halogens is 1. The lowest BCUT2D eigenvalue weighted by atomic mass is 10.3. The Labute approximate surface area is 100 Å². The molecular formula is C10H11ClN2O4. The van der Waals surface area contributed by atoms with E-state index in [2.05, 4.69) is 16.7 Å². The number of hydrogen-bond donors (Lipinski definition) is 0. The largest absolute Gasteiger partial charge is 0.248 e. The predicted octanol–water partition coefficient (Wildman–Crippen LogP) is -3.45. The van der Waals surface area contributed by atoms with Crippen molar-refractivity contribution in [3.05, 3.63) is 49.1 Å². The second kappa shape index (κ2) is 5.76. The quantitative estimate of drug-likeness (QED) is 0.496. The standard InChI is InChI=1S/C10H11N2.ClHO4/c1-11-7-8-12(9-11)10-5-3-2-4-6-10;2-1(3,4)5/h2-9H,1H3;(H,2,3,4,5)/q+1;/p-1. The van der Waals surface area contributed by atoms with Crippen molar-refractivity contribution >= 4 is 0 Å². The average Bonchev–Trinajstić information content (AvgIpc) is 2.64. The molecule has 2 rings (SSSR count). The van der Waals surface area contributed by atoms with Crippen molar-refractivity contribution in [2.24, 2.45) is 7.05 Å². The first-order valence-electron chi connectivity index (χ1n) is 4.56. The van der Waals surface area contributed by atoms with E-state index in [-0.39, 0.29) is 0 Å². The molecule has 0 N–H and O–H groups in total. The molecule has 0 amide bonds. The molecule has 0 aliphatic rings. The van der Waals surface area contributed by atoms with Crippen LogP contribution in [0.25, 0.3) is 5.69 Å². The molecule has 0 atom stereocenters. The zero-order valence-electron chi connectivity index (χ0n) is 9.02. The summed E-state index contributed by atoms with van der Waals surface area (Å²) in [5.41, 5.74) is 1.19. The minimum Gasteiger partial charge on any atom is -0.239 e. The molecule has 1 aromatic carbocycles. The minimum atomic E-state index is -4.94. The van der Waals surface area contributed by atoms with Crippen LogP contribution in [-0.2, 0) is 7.05 Å². The highest BCUT2D eigenvalue weighted by Crippen LogP contribution is 2.03. The lowest BCUT2D eigenvalue weighted by Gasteiger charge is -2.17. The van der Waals surface area contributed by atoms with E-state index in [9.17, 15) is 0 Å². The van der Waals surface area contributed by atoms with E-state index < -0.39 is 10.2 Å². The van der Waals surface area contributed by atoms with Crippen molar-refractivity contribution < 1.29 is 33.4 Å². The molecule has 0 spiro atoms. The molecule has 0 fully saturated rings. The Morgan fingerprint density at radius 1 is 1.06 bits per heavy atom. The SMILES string of the molecule is C[n+]1ccn(-c2ccccc2)c1.[O-][Cl+3]([O-])([O-])[O-]. The van der Waals surface area contributed by atoms with E-state index in [1.54, 1.807) is 0 Å². The van der Waals surface area contributed by atoms with Crippen LogP contribution in [0.3, 0.4) is 0 Å². The molecule has 7 heteroatoms. The minimum absolute atomic E-state index is 1.19. The number of aryl methyl sites for hydroxylation is 1. The van der Waals surface area contributed by atoms with E-state index >= 15 is 0 Å². The van der Waals surface area contributed by atoms with Crippen LogP contribution >= 0.6 is 0 Å². The van der Waals surface area contributed by atoms with Crippen LogP contribution in [0.15, 0.2) is 49.1 Å². The Bertz CT molecular complexity index is 447. The Morgan fingerprint density at radius 3 is 2.00 bits per heavy atom. The zero-order chi connectivity index (χ0) is 12.9. The molecular weight excluding hydrogens is 248 g/mol. The molecule has 2 aromatic rings. The molecule has 92 valence electrons. The molecule has 0 aliphatic heterocycles. The maximum atomic E-state index is 8.49. The van der Waals surface area contributed by atoms with Gasteiger partial charge in [-0.3, -0.25) is 0 Å². The summed E-state index contributed by atoms with van der Waals surface area (Å²) in [5, 5.41) is 0. The summed E-state index contributed by atoms with van der Waals surface area (Å²) >= 11 is 0. The smallest absolute Gasteiger partial charge is 0.239 e. The molecule has 17 heavy (non-hydrogen) atoms. The molecule has 0 bridgehead atoms. The first-order chi connectivity index (χ1) is 7.86. The third-order valence-electron chi connectivity index (χ3n) is 1.82. The molecule has 0 radical (unpaired) electrons. The third-order valence-corrected chi connectivity index (χ3v) is 1.82. The van der Waals surface area contributed by atoms with Crippen LogP contribution < -0.4 is 23.2 Å². The predicted molar refractivity (Wildman–Crippen MR) is 46.9 cm³/mol. The first-order valence-corrected chi connectivity index (χ1v) is 5.80.